The molecule has 0 aromatic heterocycles. The van der Waals surface area contributed by atoms with Gasteiger partial charge in [-0.3, -0.25) is 0 Å². The molecule has 1 aromatic carbocycles. The van der Waals surface area contributed by atoms with Gasteiger partial charge >= 0.3 is 7.12 Å². The lowest BCUT2D eigenvalue weighted by Crippen LogP contribution is -2.43. The molecular weight excluding hydrogens is 325 g/mol. The monoisotopic (exact) mass is 351 g/mol. The highest BCUT2D eigenvalue weighted by Crippen LogP contribution is 2.36. The van der Waals surface area contributed by atoms with Crippen LogP contribution in [0.15, 0.2) is 24.3 Å². The van der Waals surface area contributed by atoms with Crippen molar-refractivity contribution in [1.29, 1.82) is 0 Å². The summed E-state index contributed by atoms with van der Waals surface area (Å²) in [6.45, 7) is 8.19. The maximum atomic E-state index is 11.6. The van der Waals surface area contributed by atoms with E-state index in [0.717, 1.165) is 24.1 Å². The SMILES string of the molecule is CNS(=O)C1CC(Oc2ccc(B3OC(C)(C)C(C)(C)O3)cc2)C1. The van der Waals surface area contributed by atoms with Crippen LogP contribution >= 0.6 is 0 Å². The third-order valence-corrected chi connectivity index (χ3v) is 6.66. The Kier molecular flexibility index (Phi) is 4.81. The summed E-state index contributed by atoms with van der Waals surface area (Å²) in [6, 6.07) is 7.87. The molecule has 1 saturated carbocycles. The molecule has 0 bridgehead atoms. The lowest BCUT2D eigenvalue weighted by Gasteiger charge is -2.34. The molecule has 2 fully saturated rings. The van der Waals surface area contributed by atoms with Crippen molar-refractivity contribution < 1.29 is 18.3 Å². The molecule has 1 atom stereocenters. The van der Waals surface area contributed by atoms with Crippen molar-refractivity contribution in [1.82, 2.24) is 4.72 Å². The van der Waals surface area contributed by atoms with Crippen LogP contribution in [0.25, 0.3) is 0 Å². The quantitative estimate of drug-likeness (QED) is 0.822. The van der Waals surface area contributed by atoms with Gasteiger partial charge in [0.15, 0.2) is 0 Å². The number of rotatable bonds is 5. The number of benzene rings is 1. The molecule has 132 valence electrons. The van der Waals surface area contributed by atoms with Gasteiger partial charge in [-0.15, -0.1) is 0 Å². The molecule has 1 unspecified atom stereocenters. The number of hydrogen-bond acceptors (Lipinski definition) is 4. The molecule has 3 rings (SSSR count). The molecule has 5 nitrogen and oxygen atoms in total. The number of nitrogens with one attached hydrogen (secondary N) is 1. The molecule has 1 aromatic rings. The summed E-state index contributed by atoms with van der Waals surface area (Å²) in [5, 5.41) is 0.198. The van der Waals surface area contributed by atoms with Gasteiger partial charge in [0.25, 0.3) is 0 Å². The van der Waals surface area contributed by atoms with Crippen LogP contribution in [0.1, 0.15) is 40.5 Å². The van der Waals surface area contributed by atoms with Crippen molar-refractivity contribution in [2.24, 2.45) is 0 Å². The zero-order valence-corrected chi connectivity index (χ0v) is 15.8. The van der Waals surface area contributed by atoms with Gasteiger partial charge in [0, 0.05) is 12.8 Å². The van der Waals surface area contributed by atoms with E-state index in [1.807, 2.05) is 52.0 Å². The Balaban J connectivity index is 1.56. The van der Waals surface area contributed by atoms with E-state index < -0.39 is 11.0 Å². The Morgan fingerprint density at radius 1 is 1.12 bits per heavy atom. The van der Waals surface area contributed by atoms with E-state index >= 15 is 0 Å². The smallest absolute Gasteiger partial charge is 0.490 e. The molecule has 1 saturated heterocycles. The first-order valence-corrected chi connectivity index (χ1v) is 9.63. The molecule has 2 aliphatic rings. The fourth-order valence-electron chi connectivity index (χ4n) is 2.83. The molecule has 1 aliphatic heterocycles. The van der Waals surface area contributed by atoms with Gasteiger partial charge in [0.2, 0.25) is 0 Å². The fourth-order valence-corrected chi connectivity index (χ4v) is 3.94. The van der Waals surface area contributed by atoms with E-state index in [0.29, 0.717) is 0 Å². The predicted octanol–water partition coefficient (Wildman–Crippen LogP) is 1.78. The van der Waals surface area contributed by atoms with E-state index in [-0.39, 0.29) is 29.7 Å². The highest BCUT2D eigenvalue weighted by molar-refractivity contribution is 7.83. The van der Waals surface area contributed by atoms with Crippen molar-refractivity contribution in [3.8, 4) is 5.75 Å². The van der Waals surface area contributed by atoms with Gasteiger partial charge in [-0.25, -0.2) is 8.93 Å². The lowest BCUT2D eigenvalue weighted by atomic mass is 9.79. The highest BCUT2D eigenvalue weighted by Gasteiger charge is 2.51. The van der Waals surface area contributed by atoms with E-state index in [1.54, 1.807) is 7.05 Å². The summed E-state index contributed by atoms with van der Waals surface area (Å²) in [5.41, 5.74) is 0.316. The van der Waals surface area contributed by atoms with Gasteiger partial charge in [-0.1, -0.05) is 12.1 Å². The third-order valence-electron chi connectivity index (χ3n) is 5.26. The summed E-state index contributed by atoms with van der Waals surface area (Å²) in [5.74, 6) is 0.828. The standard InChI is InChI=1S/C17H26BNO4S/c1-16(2)17(3,4)23-18(22-16)12-6-8-13(9-7-12)21-14-10-15(11-14)24(20)19-5/h6-9,14-15,19H,10-11H2,1-5H3. The van der Waals surface area contributed by atoms with Crippen LogP contribution in [0.4, 0.5) is 0 Å². The minimum atomic E-state index is -0.947. The molecule has 0 radical (unpaired) electrons. The maximum absolute atomic E-state index is 11.6. The van der Waals surface area contributed by atoms with Crippen molar-refractivity contribution in [2.45, 2.75) is 63.1 Å². The van der Waals surface area contributed by atoms with Gasteiger partial charge in [0.1, 0.15) is 11.9 Å². The average molecular weight is 351 g/mol. The zero-order chi connectivity index (χ0) is 17.5. The van der Waals surface area contributed by atoms with Gasteiger partial charge in [0.05, 0.1) is 27.4 Å². The van der Waals surface area contributed by atoms with Crippen LogP contribution < -0.4 is 14.9 Å². The van der Waals surface area contributed by atoms with Crippen molar-refractivity contribution in [3.63, 3.8) is 0 Å². The van der Waals surface area contributed by atoms with E-state index in [1.165, 1.54) is 0 Å². The molecule has 1 heterocycles. The zero-order valence-electron chi connectivity index (χ0n) is 15.0. The summed E-state index contributed by atoms with van der Waals surface area (Å²) in [4.78, 5) is 0. The topological polar surface area (TPSA) is 56.8 Å². The van der Waals surface area contributed by atoms with E-state index in [2.05, 4.69) is 4.72 Å². The Morgan fingerprint density at radius 3 is 2.17 bits per heavy atom. The van der Waals surface area contributed by atoms with Crippen LogP contribution in [0.3, 0.4) is 0 Å². The Morgan fingerprint density at radius 2 is 1.67 bits per heavy atom. The van der Waals surface area contributed by atoms with Crippen LogP contribution in [-0.2, 0) is 20.3 Å². The average Bonchev–Trinajstić information content (AvgIpc) is 2.70. The van der Waals surface area contributed by atoms with Crippen molar-refractivity contribution in [2.75, 3.05) is 7.05 Å². The predicted molar refractivity (Wildman–Crippen MR) is 96.8 cm³/mol. The molecule has 0 spiro atoms. The van der Waals surface area contributed by atoms with Gasteiger partial charge in [-0.05, 0) is 52.3 Å². The Labute approximate surface area is 147 Å². The van der Waals surface area contributed by atoms with Gasteiger partial charge < -0.3 is 14.0 Å². The number of ether oxygens (including phenoxy) is 1. The summed E-state index contributed by atoms with van der Waals surface area (Å²) in [6.07, 6.45) is 1.80. The fraction of sp³-hybridized carbons (Fsp3) is 0.647. The molecule has 0 amide bonds. The second-order valence-electron chi connectivity index (χ2n) is 7.49. The largest absolute Gasteiger partial charge is 0.494 e. The van der Waals surface area contributed by atoms with E-state index in [4.69, 9.17) is 14.0 Å². The normalized spacial score (nSPS) is 29.1. The summed E-state index contributed by atoms with van der Waals surface area (Å²) in [7, 11) is 0.422. The first-order chi connectivity index (χ1) is 11.2. The highest BCUT2D eigenvalue weighted by atomic mass is 32.2. The maximum Gasteiger partial charge on any atom is 0.494 e. The Hall–Kier alpha value is -0.885. The van der Waals surface area contributed by atoms with Crippen LogP contribution in [0.2, 0.25) is 0 Å². The number of hydrogen-bond donors (Lipinski definition) is 1. The van der Waals surface area contributed by atoms with Gasteiger partial charge in [-0.2, -0.15) is 0 Å². The van der Waals surface area contributed by atoms with Crippen LogP contribution in [0, 0.1) is 0 Å². The molecule has 24 heavy (non-hydrogen) atoms. The first-order valence-electron chi connectivity index (χ1n) is 8.42. The minimum Gasteiger partial charge on any atom is -0.490 e. The molecule has 1 aliphatic carbocycles. The summed E-state index contributed by atoms with van der Waals surface area (Å²) >= 11 is 0. The molecule has 7 heteroatoms. The van der Waals surface area contributed by atoms with Crippen LogP contribution in [0.5, 0.6) is 5.75 Å². The van der Waals surface area contributed by atoms with Crippen molar-refractivity contribution >= 4 is 23.6 Å². The second-order valence-corrected chi connectivity index (χ2v) is 9.16. The lowest BCUT2D eigenvalue weighted by molar-refractivity contribution is 0.00578. The molecule has 1 N–H and O–H groups in total. The minimum absolute atomic E-state index is 0.148. The summed E-state index contributed by atoms with van der Waals surface area (Å²) < 4.78 is 32.4. The first kappa shape index (κ1) is 17.9. The van der Waals surface area contributed by atoms with Crippen LogP contribution in [-0.4, -0.2) is 40.9 Å². The van der Waals surface area contributed by atoms with E-state index in [9.17, 15) is 4.21 Å². The Bertz CT molecular complexity index is 598. The third kappa shape index (κ3) is 3.40. The second kappa shape index (κ2) is 6.44. The molecular formula is C17H26BNO4S. The van der Waals surface area contributed by atoms with Crippen molar-refractivity contribution in [3.05, 3.63) is 24.3 Å².